The fraction of sp³-hybridized carbons (Fsp3) is 0.417. The maximum Gasteiger partial charge on any atom is 0.256 e. The topological polar surface area (TPSA) is 75.3 Å². The summed E-state index contributed by atoms with van der Waals surface area (Å²) in [6, 6.07) is 7.07. The number of sulfonamides is 1. The number of rotatable bonds is 4. The number of amides is 1. The molecule has 5 nitrogen and oxygen atoms in total. The molecule has 6 heteroatoms. The van der Waals surface area contributed by atoms with Crippen LogP contribution in [0.2, 0.25) is 0 Å². The van der Waals surface area contributed by atoms with E-state index in [1.165, 1.54) is 0 Å². The van der Waals surface area contributed by atoms with Gasteiger partial charge in [0.25, 0.3) is 5.91 Å². The lowest BCUT2D eigenvalue weighted by molar-refractivity contribution is -0.119. The number of carbonyl (C=O) groups excluding carboxylic acids is 1. The highest BCUT2D eigenvalue weighted by molar-refractivity contribution is 7.90. The Labute approximate surface area is 107 Å². The number of para-hydroxylation sites is 1. The van der Waals surface area contributed by atoms with Crippen molar-refractivity contribution in [1.82, 2.24) is 4.72 Å². The molecule has 1 heterocycles. The smallest absolute Gasteiger partial charge is 0.256 e. The van der Waals surface area contributed by atoms with Gasteiger partial charge in [-0.1, -0.05) is 25.1 Å². The number of anilines is 1. The van der Waals surface area contributed by atoms with E-state index < -0.39 is 22.0 Å². The van der Waals surface area contributed by atoms with Gasteiger partial charge in [-0.2, -0.15) is 0 Å². The summed E-state index contributed by atoms with van der Waals surface area (Å²) in [7, 11) is -3.50. The summed E-state index contributed by atoms with van der Waals surface area (Å²) >= 11 is 0. The molecule has 1 atom stereocenters. The summed E-state index contributed by atoms with van der Waals surface area (Å²) in [5.41, 5.74) is 1.93. The third kappa shape index (κ3) is 2.81. The Morgan fingerprint density at radius 1 is 1.44 bits per heavy atom. The second-order valence-corrected chi connectivity index (χ2v) is 6.19. The zero-order valence-electron chi connectivity index (χ0n) is 10.1. The van der Waals surface area contributed by atoms with E-state index in [0.717, 1.165) is 11.3 Å². The Hall–Kier alpha value is -1.56. The molecule has 0 radical (unpaired) electrons. The summed E-state index contributed by atoms with van der Waals surface area (Å²) in [6.45, 7) is 1.76. The van der Waals surface area contributed by atoms with Crippen LogP contribution in [0.15, 0.2) is 24.3 Å². The lowest BCUT2D eigenvalue weighted by atomic mass is 10.1. The number of hydrogen-bond acceptors (Lipinski definition) is 4. The van der Waals surface area contributed by atoms with Crippen LogP contribution in [-0.4, -0.2) is 26.1 Å². The van der Waals surface area contributed by atoms with Crippen molar-refractivity contribution in [2.75, 3.05) is 11.1 Å². The van der Waals surface area contributed by atoms with Crippen LogP contribution in [-0.2, 0) is 21.2 Å². The van der Waals surface area contributed by atoms with E-state index in [2.05, 4.69) is 10.0 Å². The van der Waals surface area contributed by atoms with Crippen LogP contribution in [0, 0.1) is 0 Å². The predicted octanol–water partition coefficient (Wildman–Crippen LogP) is 0.879. The first kappa shape index (κ1) is 12.9. The van der Waals surface area contributed by atoms with E-state index in [0.29, 0.717) is 12.8 Å². The molecule has 2 N–H and O–H groups in total. The molecule has 0 fully saturated rings. The largest absolute Gasteiger partial charge is 0.373 e. The molecule has 1 amide bonds. The zero-order valence-corrected chi connectivity index (χ0v) is 11.0. The van der Waals surface area contributed by atoms with Gasteiger partial charge in [-0.05, 0) is 18.1 Å². The molecule has 0 aromatic heterocycles. The third-order valence-corrected chi connectivity index (χ3v) is 4.27. The van der Waals surface area contributed by atoms with E-state index >= 15 is 0 Å². The Morgan fingerprint density at radius 2 is 2.17 bits per heavy atom. The minimum absolute atomic E-state index is 0.0294. The molecule has 1 aromatic rings. The van der Waals surface area contributed by atoms with Gasteiger partial charge in [0.05, 0.1) is 5.75 Å². The number of nitrogens with one attached hydrogen (secondary N) is 2. The molecule has 1 aliphatic rings. The van der Waals surface area contributed by atoms with Gasteiger partial charge in [0.1, 0.15) is 6.04 Å². The quantitative estimate of drug-likeness (QED) is 0.850. The summed E-state index contributed by atoms with van der Waals surface area (Å²) in [5, 5.41) is 3.02. The molecule has 18 heavy (non-hydrogen) atoms. The molecular weight excluding hydrogens is 252 g/mol. The fourth-order valence-electron chi connectivity index (χ4n) is 2.00. The van der Waals surface area contributed by atoms with Gasteiger partial charge in [0.2, 0.25) is 10.0 Å². The van der Waals surface area contributed by atoms with Crippen LogP contribution in [0.25, 0.3) is 0 Å². The molecule has 1 aliphatic heterocycles. The highest BCUT2D eigenvalue weighted by atomic mass is 32.2. The average molecular weight is 268 g/mol. The van der Waals surface area contributed by atoms with Crippen LogP contribution in [0.5, 0.6) is 0 Å². The lowest BCUT2D eigenvalue weighted by Crippen LogP contribution is -2.42. The Kier molecular flexibility index (Phi) is 3.56. The highest BCUT2D eigenvalue weighted by Crippen LogP contribution is 2.25. The number of carbonyl (C=O) groups is 1. The molecule has 0 saturated carbocycles. The van der Waals surface area contributed by atoms with Crippen molar-refractivity contribution in [3.8, 4) is 0 Å². The second-order valence-electron chi connectivity index (χ2n) is 4.34. The van der Waals surface area contributed by atoms with E-state index in [1.807, 2.05) is 24.3 Å². The van der Waals surface area contributed by atoms with Gasteiger partial charge < -0.3 is 5.32 Å². The van der Waals surface area contributed by atoms with E-state index in [-0.39, 0.29) is 5.75 Å². The van der Waals surface area contributed by atoms with Crippen LogP contribution >= 0.6 is 0 Å². The van der Waals surface area contributed by atoms with Gasteiger partial charge >= 0.3 is 0 Å². The van der Waals surface area contributed by atoms with Gasteiger partial charge in [-0.15, -0.1) is 0 Å². The summed E-state index contributed by atoms with van der Waals surface area (Å²) in [5.74, 6) is -0.516. The molecule has 1 aromatic carbocycles. The van der Waals surface area contributed by atoms with Gasteiger partial charge in [-0.3, -0.25) is 9.52 Å². The van der Waals surface area contributed by atoms with Gasteiger partial charge in [0.15, 0.2) is 0 Å². The van der Waals surface area contributed by atoms with E-state index in [4.69, 9.17) is 0 Å². The Morgan fingerprint density at radius 3 is 2.83 bits per heavy atom. The van der Waals surface area contributed by atoms with Crippen LogP contribution < -0.4 is 10.0 Å². The standard InChI is InChI=1S/C12H16N2O3S/c1-2-7-18(16,17)14-12(15)11-8-9-5-3-4-6-10(9)13-11/h3-6,11,13H,2,7-8H2,1H3,(H,14,15)/t11-/m0/s1. The Bertz CT molecular complexity index is 529. The van der Waals surface area contributed by atoms with Crippen molar-refractivity contribution < 1.29 is 13.2 Å². The van der Waals surface area contributed by atoms with Gasteiger partial charge in [-0.25, -0.2) is 8.42 Å². The summed E-state index contributed by atoms with van der Waals surface area (Å²) in [4.78, 5) is 11.9. The first-order valence-electron chi connectivity index (χ1n) is 5.90. The highest BCUT2D eigenvalue weighted by Gasteiger charge is 2.28. The van der Waals surface area contributed by atoms with Crippen molar-refractivity contribution >= 4 is 21.6 Å². The monoisotopic (exact) mass is 268 g/mol. The molecule has 2 rings (SSSR count). The maximum atomic E-state index is 11.9. The molecule has 0 spiro atoms. The van der Waals surface area contributed by atoms with Crippen LogP contribution in [0.4, 0.5) is 5.69 Å². The molecule has 98 valence electrons. The van der Waals surface area contributed by atoms with Crippen molar-refractivity contribution in [3.63, 3.8) is 0 Å². The summed E-state index contributed by atoms with van der Waals surface area (Å²) < 4.78 is 25.1. The SMILES string of the molecule is CCCS(=O)(=O)NC(=O)[C@@H]1Cc2ccccc2N1. The summed E-state index contributed by atoms with van der Waals surface area (Å²) in [6.07, 6.45) is 1.00. The molecule has 0 saturated heterocycles. The molecule has 0 aliphatic carbocycles. The first-order chi connectivity index (χ1) is 8.52. The number of benzene rings is 1. The maximum absolute atomic E-state index is 11.9. The van der Waals surface area contributed by atoms with E-state index in [9.17, 15) is 13.2 Å². The first-order valence-corrected chi connectivity index (χ1v) is 7.56. The molecule has 0 bridgehead atoms. The van der Waals surface area contributed by atoms with Crippen molar-refractivity contribution in [2.24, 2.45) is 0 Å². The fourth-order valence-corrected chi connectivity index (χ4v) is 3.09. The Balaban J connectivity index is 2.02. The second kappa shape index (κ2) is 4.97. The number of fused-ring (bicyclic) bond motifs is 1. The normalized spacial score (nSPS) is 17.9. The van der Waals surface area contributed by atoms with Crippen LogP contribution in [0.1, 0.15) is 18.9 Å². The van der Waals surface area contributed by atoms with Crippen molar-refractivity contribution in [3.05, 3.63) is 29.8 Å². The predicted molar refractivity (Wildman–Crippen MR) is 69.8 cm³/mol. The lowest BCUT2D eigenvalue weighted by Gasteiger charge is -2.11. The third-order valence-electron chi connectivity index (χ3n) is 2.82. The minimum Gasteiger partial charge on any atom is -0.373 e. The zero-order chi connectivity index (χ0) is 13.2. The molecule has 0 unspecified atom stereocenters. The van der Waals surface area contributed by atoms with Crippen molar-refractivity contribution in [1.29, 1.82) is 0 Å². The van der Waals surface area contributed by atoms with Crippen LogP contribution in [0.3, 0.4) is 0 Å². The van der Waals surface area contributed by atoms with Gasteiger partial charge in [0, 0.05) is 12.1 Å². The van der Waals surface area contributed by atoms with E-state index in [1.54, 1.807) is 6.92 Å². The minimum atomic E-state index is -3.50. The average Bonchev–Trinajstić information content (AvgIpc) is 2.71. The number of hydrogen-bond donors (Lipinski definition) is 2. The van der Waals surface area contributed by atoms with Crippen molar-refractivity contribution in [2.45, 2.75) is 25.8 Å². The molecular formula is C12H16N2O3S.